The molecule has 0 aromatic heterocycles. The molecule has 1 aromatic carbocycles. The Balaban J connectivity index is 2.13. The number of imide groups is 1. The molecular weight excluding hydrogens is 306 g/mol. The molecule has 1 aliphatic rings. The molecule has 1 heterocycles. The Morgan fingerprint density at radius 3 is 2.70 bits per heavy atom. The van der Waals surface area contributed by atoms with Crippen LogP contribution in [0.2, 0.25) is 0 Å². The number of urea groups is 1. The Morgan fingerprint density at radius 1 is 1.43 bits per heavy atom. The van der Waals surface area contributed by atoms with Crippen LogP contribution in [-0.2, 0) is 9.53 Å². The van der Waals surface area contributed by atoms with E-state index in [9.17, 15) is 24.5 Å². The first-order valence-electron chi connectivity index (χ1n) is 6.87. The van der Waals surface area contributed by atoms with Gasteiger partial charge in [0.2, 0.25) is 0 Å². The predicted octanol–water partition coefficient (Wildman–Crippen LogP) is 1.00. The standard InChI is InChI=1S/C14H15N3O6/c1-8-10(4-3-5-11(8)17(21)22)13(19)23-9(2)12(18)16-7-6-15-14(16)20/h3-5,9H,6-7H2,1-2H3,(H,15,20). The molecule has 0 bridgehead atoms. The summed E-state index contributed by atoms with van der Waals surface area (Å²) in [6, 6.07) is 3.48. The minimum atomic E-state index is -1.18. The van der Waals surface area contributed by atoms with Crippen molar-refractivity contribution in [2.24, 2.45) is 0 Å². The van der Waals surface area contributed by atoms with Gasteiger partial charge in [-0.25, -0.2) is 9.59 Å². The van der Waals surface area contributed by atoms with Crippen molar-refractivity contribution in [3.05, 3.63) is 39.4 Å². The Hall–Kier alpha value is -2.97. The molecule has 9 heteroatoms. The predicted molar refractivity (Wildman–Crippen MR) is 77.8 cm³/mol. The zero-order valence-corrected chi connectivity index (χ0v) is 12.6. The van der Waals surface area contributed by atoms with E-state index < -0.39 is 28.9 Å². The number of esters is 1. The maximum absolute atomic E-state index is 12.1. The van der Waals surface area contributed by atoms with Crippen LogP contribution in [0.25, 0.3) is 0 Å². The molecule has 1 saturated heterocycles. The minimum Gasteiger partial charge on any atom is -0.449 e. The van der Waals surface area contributed by atoms with Crippen molar-refractivity contribution >= 4 is 23.6 Å². The van der Waals surface area contributed by atoms with Crippen molar-refractivity contribution in [2.45, 2.75) is 20.0 Å². The van der Waals surface area contributed by atoms with Gasteiger partial charge in [0.15, 0.2) is 6.10 Å². The second-order valence-electron chi connectivity index (χ2n) is 4.98. The van der Waals surface area contributed by atoms with Gasteiger partial charge in [-0.05, 0) is 19.9 Å². The lowest BCUT2D eigenvalue weighted by atomic mass is 10.1. The summed E-state index contributed by atoms with van der Waals surface area (Å²) in [7, 11) is 0. The highest BCUT2D eigenvalue weighted by Gasteiger charge is 2.32. The normalized spacial score (nSPS) is 15.0. The van der Waals surface area contributed by atoms with Crippen LogP contribution in [0.3, 0.4) is 0 Å². The number of nitro benzene ring substituents is 1. The van der Waals surface area contributed by atoms with E-state index in [1.165, 1.54) is 32.0 Å². The lowest BCUT2D eigenvalue weighted by Crippen LogP contribution is -2.41. The van der Waals surface area contributed by atoms with Gasteiger partial charge >= 0.3 is 12.0 Å². The molecule has 1 aromatic rings. The highest BCUT2D eigenvalue weighted by molar-refractivity contribution is 6.00. The quantitative estimate of drug-likeness (QED) is 0.502. The molecule has 1 N–H and O–H groups in total. The molecule has 0 radical (unpaired) electrons. The van der Waals surface area contributed by atoms with Crippen LogP contribution in [0, 0.1) is 17.0 Å². The highest BCUT2D eigenvalue weighted by Crippen LogP contribution is 2.22. The summed E-state index contributed by atoms with van der Waals surface area (Å²) in [6.45, 7) is 3.32. The van der Waals surface area contributed by atoms with Crippen molar-refractivity contribution in [1.29, 1.82) is 0 Å². The van der Waals surface area contributed by atoms with Crippen LogP contribution in [0.4, 0.5) is 10.5 Å². The molecule has 9 nitrogen and oxygen atoms in total. The molecule has 2 rings (SSSR count). The summed E-state index contributed by atoms with van der Waals surface area (Å²) in [5, 5.41) is 13.4. The van der Waals surface area contributed by atoms with E-state index >= 15 is 0 Å². The summed E-state index contributed by atoms with van der Waals surface area (Å²) in [5.41, 5.74) is -0.0526. The number of nitro groups is 1. The lowest BCUT2D eigenvalue weighted by Gasteiger charge is -2.18. The summed E-state index contributed by atoms with van der Waals surface area (Å²) in [4.78, 5) is 46.9. The van der Waals surface area contributed by atoms with Crippen molar-refractivity contribution < 1.29 is 24.0 Å². The van der Waals surface area contributed by atoms with Gasteiger partial charge in [-0.15, -0.1) is 0 Å². The molecule has 122 valence electrons. The molecule has 0 aliphatic carbocycles. The van der Waals surface area contributed by atoms with Gasteiger partial charge in [-0.3, -0.25) is 19.8 Å². The Labute approximate surface area is 131 Å². The van der Waals surface area contributed by atoms with Crippen molar-refractivity contribution in [2.75, 3.05) is 13.1 Å². The maximum Gasteiger partial charge on any atom is 0.339 e. The van der Waals surface area contributed by atoms with Gasteiger partial charge in [-0.2, -0.15) is 0 Å². The number of carbonyl (C=O) groups is 3. The fraction of sp³-hybridized carbons (Fsp3) is 0.357. The summed E-state index contributed by atoms with van der Waals surface area (Å²) in [5.74, 6) is -1.50. The molecule has 1 aliphatic heterocycles. The maximum atomic E-state index is 12.1. The number of nitrogens with one attached hydrogen (secondary N) is 1. The van der Waals surface area contributed by atoms with E-state index in [1.54, 1.807) is 0 Å². The minimum absolute atomic E-state index is 0.00437. The van der Waals surface area contributed by atoms with Gasteiger partial charge in [0.1, 0.15) is 0 Å². The third-order valence-electron chi connectivity index (χ3n) is 3.48. The third-order valence-corrected chi connectivity index (χ3v) is 3.48. The number of hydrogen-bond acceptors (Lipinski definition) is 6. The largest absolute Gasteiger partial charge is 0.449 e. The fourth-order valence-electron chi connectivity index (χ4n) is 2.22. The molecule has 0 spiro atoms. The van der Waals surface area contributed by atoms with E-state index in [-0.39, 0.29) is 23.4 Å². The zero-order chi connectivity index (χ0) is 17.1. The van der Waals surface area contributed by atoms with Crippen molar-refractivity contribution in [3.8, 4) is 0 Å². The van der Waals surface area contributed by atoms with Crippen molar-refractivity contribution in [1.82, 2.24) is 10.2 Å². The Bertz CT molecular complexity index is 687. The monoisotopic (exact) mass is 321 g/mol. The third kappa shape index (κ3) is 3.28. The summed E-state index contributed by atoms with van der Waals surface area (Å²) >= 11 is 0. The van der Waals surface area contributed by atoms with Crippen LogP contribution in [-0.4, -0.2) is 46.9 Å². The average molecular weight is 321 g/mol. The summed E-state index contributed by atoms with van der Waals surface area (Å²) in [6.07, 6.45) is -1.18. The number of amides is 3. The fourth-order valence-corrected chi connectivity index (χ4v) is 2.22. The number of carbonyl (C=O) groups excluding carboxylic acids is 3. The van der Waals surface area contributed by atoms with E-state index in [0.717, 1.165) is 4.90 Å². The lowest BCUT2D eigenvalue weighted by molar-refractivity contribution is -0.385. The SMILES string of the molecule is Cc1c(C(=O)OC(C)C(=O)N2CCNC2=O)cccc1[N+](=O)[O-]. The van der Waals surface area contributed by atoms with Gasteiger partial charge in [0, 0.05) is 24.7 Å². The zero-order valence-electron chi connectivity index (χ0n) is 12.6. The molecule has 1 atom stereocenters. The van der Waals surface area contributed by atoms with Gasteiger partial charge in [-0.1, -0.05) is 6.07 Å². The van der Waals surface area contributed by atoms with E-state index in [0.29, 0.717) is 6.54 Å². The second kappa shape index (κ2) is 6.42. The van der Waals surface area contributed by atoms with Crippen LogP contribution in [0.1, 0.15) is 22.8 Å². The number of benzene rings is 1. The molecule has 1 fully saturated rings. The molecular formula is C14H15N3O6. The van der Waals surface area contributed by atoms with Crippen LogP contribution >= 0.6 is 0 Å². The smallest absolute Gasteiger partial charge is 0.339 e. The molecule has 1 unspecified atom stereocenters. The van der Waals surface area contributed by atoms with Gasteiger partial charge in [0.25, 0.3) is 11.6 Å². The topological polar surface area (TPSA) is 119 Å². The average Bonchev–Trinajstić information content (AvgIpc) is 2.92. The van der Waals surface area contributed by atoms with E-state index in [1.807, 2.05) is 0 Å². The first-order chi connectivity index (χ1) is 10.8. The number of rotatable bonds is 4. The molecule has 0 saturated carbocycles. The van der Waals surface area contributed by atoms with Crippen LogP contribution < -0.4 is 5.32 Å². The Kier molecular flexibility index (Phi) is 4.58. The number of ether oxygens (including phenoxy) is 1. The molecule has 23 heavy (non-hydrogen) atoms. The van der Waals surface area contributed by atoms with E-state index in [4.69, 9.17) is 4.74 Å². The van der Waals surface area contributed by atoms with Crippen molar-refractivity contribution in [3.63, 3.8) is 0 Å². The highest BCUT2D eigenvalue weighted by atomic mass is 16.6. The van der Waals surface area contributed by atoms with Gasteiger partial charge < -0.3 is 10.1 Å². The van der Waals surface area contributed by atoms with Crippen LogP contribution in [0.5, 0.6) is 0 Å². The first kappa shape index (κ1) is 16.4. The number of hydrogen-bond donors (Lipinski definition) is 1. The first-order valence-corrected chi connectivity index (χ1v) is 6.87. The van der Waals surface area contributed by atoms with Gasteiger partial charge in [0.05, 0.1) is 10.5 Å². The van der Waals surface area contributed by atoms with E-state index in [2.05, 4.69) is 5.32 Å². The Morgan fingerprint density at radius 2 is 2.13 bits per heavy atom. The second-order valence-corrected chi connectivity index (χ2v) is 4.98. The summed E-state index contributed by atoms with van der Waals surface area (Å²) < 4.78 is 5.04. The molecule has 3 amide bonds. The van der Waals surface area contributed by atoms with Crippen LogP contribution in [0.15, 0.2) is 18.2 Å². The number of nitrogens with zero attached hydrogens (tertiary/aromatic N) is 2.